The number of methoxy groups -OCH3 is 1. The van der Waals surface area contributed by atoms with Crippen molar-refractivity contribution in [2.45, 2.75) is 24.9 Å². The van der Waals surface area contributed by atoms with E-state index in [-0.39, 0.29) is 23.8 Å². The Labute approximate surface area is 185 Å². The highest BCUT2D eigenvalue weighted by atomic mass is 32.2. The van der Waals surface area contributed by atoms with Crippen LogP contribution in [0, 0.1) is 0 Å². The topological polar surface area (TPSA) is 87.7 Å². The molecule has 7 nitrogen and oxygen atoms in total. The van der Waals surface area contributed by atoms with E-state index >= 15 is 0 Å². The molecule has 2 aromatic rings. The molecule has 162 valence electrons. The molecule has 4 rings (SSSR count). The quantitative estimate of drug-likeness (QED) is 0.748. The number of thioether (sulfide) groups is 1. The summed E-state index contributed by atoms with van der Waals surface area (Å²) in [6.07, 6.45) is 2.91. The molecule has 2 aliphatic rings. The summed E-state index contributed by atoms with van der Waals surface area (Å²) in [7, 11) is 1.62. The molecule has 0 unspecified atom stereocenters. The van der Waals surface area contributed by atoms with Crippen LogP contribution in [-0.4, -0.2) is 60.4 Å². The van der Waals surface area contributed by atoms with Gasteiger partial charge in [-0.25, -0.2) is 0 Å². The maximum Gasteiger partial charge on any atom is 0.256 e. The van der Waals surface area contributed by atoms with Crippen molar-refractivity contribution in [2.24, 2.45) is 0 Å². The van der Waals surface area contributed by atoms with Crippen molar-refractivity contribution >= 4 is 35.2 Å². The zero-order valence-electron chi connectivity index (χ0n) is 17.5. The number of carbonyl (C=O) groups excluding carboxylic acids is 3. The van der Waals surface area contributed by atoms with Gasteiger partial charge < -0.3 is 20.3 Å². The lowest BCUT2D eigenvalue weighted by Gasteiger charge is -2.37. The molecule has 2 N–H and O–H groups in total. The molecule has 2 heterocycles. The summed E-state index contributed by atoms with van der Waals surface area (Å²) in [5.41, 5.74) is 2.85. The average Bonchev–Trinajstić information content (AvgIpc) is 2.88. The van der Waals surface area contributed by atoms with Crippen LogP contribution in [0.25, 0.3) is 11.1 Å². The minimum atomic E-state index is -0.599. The first-order valence-corrected chi connectivity index (χ1v) is 11.6. The van der Waals surface area contributed by atoms with E-state index in [1.165, 1.54) is 11.8 Å². The summed E-state index contributed by atoms with van der Waals surface area (Å²) < 4.78 is 5.21. The van der Waals surface area contributed by atoms with Crippen molar-refractivity contribution < 1.29 is 19.1 Å². The fourth-order valence-electron chi connectivity index (χ4n) is 4.15. The van der Waals surface area contributed by atoms with Crippen molar-refractivity contribution in [1.29, 1.82) is 0 Å². The van der Waals surface area contributed by atoms with E-state index in [1.807, 2.05) is 42.7 Å². The van der Waals surface area contributed by atoms with Crippen LogP contribution >= 0.6 is 11.8 Å². The van der Waals surface area contributed by atoms with E-state index in [9.17, 15) is 14.4 Å². The molecule has 0 aliphatic carbocycles. The van der Waals surface area contributed by atoms with E-state index < -0.39 is 6.04 Å². The fraction of sp³-hybridized carbons (Fsp3) is 0.348. The number of anilines is 1. The van der Waals surface area contributed by atoms with Gasteiger partial charge >= 0.3 is 0 Å². The third-order valence-corrected chi connectivity index (χ3v) is 6.29. The maximum absolute atomic E-state index is 13.4. The number of carbonyl (C=O) groups is 3. The molecule has 0 aromatic heterocycles. The summed E-state index contributed by atoms with van der Waals surface area (Å²) in [6.45, 7) is 0.424. The molecular formula is C23H25N3O4S. The monoisotopic (exact) mass is 439 g/mol. The van der Waals surface area contributed by atoms with Crippen molar-refractivity contribution in [3.05, 3.63) is 48.0 Å². The molecule has 1 saturated heterocycles. The Balaban J connectivity index is 1.58. The van der Waals surface area contributed by atoms with Crippen LogP contribution in [-0.2, 0) is 9.59 Å². The summed E-state index contributed by atoms with van der Waals surface area (Å²) in [5.74, 6) is 0.724. The lowest BCUT2D eigenvalue weighted by atomic mass is 9.96. The van der Waals surface area contributed by atoms with Crippen molar-refractivity contribution in [2.75, 3.05) is 31.0 Å². The second-order valence-corrected chi connectivity index (χ2v) is 8.58. The van der Waals surface area contributed by atoms with Gasteiger partial charge in [0.2, 0.25) is 11.8 Å². The number of piperidine rings is 1. The summed E-state index contributed by atoms with van der Waals surface area (Å²) in [4.78, 5) is 39.8. The highest BCUT2D eigenvalue weighted by molar-refractivity contribution is 7.99. The first kappa shape index (κ1) is 21.2. The summed E-state index contributed by atoms with van der Waals surface area (Å²) in [6, 6.07) is 12.4. The maximum atomic E-state index is 13.4. The smallest absolute Gasteiger partial charge is 0.256 e. The normalized spacial score (nSPS) is 20.3. The number of rotatable bonds is 5. The van der Waals surface area contributed by atoms with Crippen molar-refractivity contribution in [1.82, 2.24) is 10.2 Å². The molecular weight excluding hydrogens is 414 g/mol. The van der Waals surface area contributed by atoms with E-state index in [1.54, 1.807) is 18.1 Å². The highest BCUT2D eigenvalue weighted by Crippen LogP contribution is 2.32. The van der Waals surface area contributed by atoms with Crippen LogP contribution in [0.15, 0.2) is 42.5 Å². The van der Waals surface area contributed by atoms with Gasteiger partial charge in [0.25, 0.3) is 5.91 Å². The molecule has 1 fully saturated rings. The van der Waals surface area contributed by atoms with Crippen LogP contribution < -0.4 is 15.4 Å². The molecule has 3 amide bonds. The number of fused-ring (bicyclic) bond motifs is 2. The molecule has 0 radical (unpaired) electrons. The second kappa shape index (κ2) is 9.01. The number of hydrogen-bond acceptors (Lipinski definition) is 5. The molecule has 31 heavy (non-hydrogen) atoms. The van der Waals surface area contributed by atoms with Gasteiger partial charge in [-0.2, -0.15) is 11.8 Å². The summed E-state index contributed by atoms with van der Waals surface area (Å²) >= 11 is 1.46. The van der Waals surface area contributed by atoms with Crippen LogP contribution in [0.4, 0.5) is 5.69 Å². The number of nitrogens with one attached hydrogen (secondary N) is 2. The van der Waals surface area contributed by atoms with E-state index in [0.717, 1.165) is 16.9 Å². The van der Waals surface area contributed by atoms with Crippen LogP contribution in [0.5, 0.6) is 5.75 Å². The third kappa shape index (κ3) is 4.39. The van der Waals surface area contributed by atoms with E-state index in [4.69, 9.17) is 4.74 Å². The number of hydrogen-bond donors (Lipinski definition) is 2. The van der Waals surface area contributed by atoms with Gasteiger partial charge in [-0.3, -0.25) is 14.4 Å². The predicted molar refractivity (Wildman–Crippen MR) is 121 cm³/mol. The average molecular weight is 440 g/mol. The SMILES string of the molecule is COc1ccc(-c2ccc3c(c2)C(=O)N2CC[C@H](NC(=O)CSC)C[C@H]2C(=O)N3)cc1. The van der Waals surface area contributed by atoms with Gasteiger partial charge in [-0.05, 0) is 54.5 Å². The minimum absolute atomic E-state index is 0.0428. The molecule has 2 aromatic carbocycles. The molecule has 2 aliphatic heterocycles. The zero-order chi connectivity index (χ0) is 22.0. The Morgan fingerprint density at radius 3 is 2.65 bits per heavy atom. The number of benzene rings is 2. The Kier molecular flexibility index (Phi) is 6.18. The molecule has 0 bridgehead atoms. The van der Waals surface area contributed by atoms with Gasteiger partial charge in [0.15, 0.2) is 0 Å². The Morgan fingerprint density at radius 1 is 1.19 bits per heavy atom. The predicted octanol–water partition coefficient (Wildman–Crippen LogP) is 2.77. The van der Waals surface area contributed by atoms with Gasteiger partial charge in [-0.1, -0.05) is 18.2 Å². The first-order chi connectivity index (χ1) is 15.0. The Morgan fingerprint density at radius 2 is 1.94 bits per heavy atom. The third-order valence-electron chi connectivity index (χ3n) is 5.74. The Bertz CT molecular complexity index is 1010. The lowest BCUT2D eigenvalue weighted by Crippen LogP contribution is -2.55. The van der Waals surface area contributed by atoms with Crippen LogP contribution in [0.2, 0.25) is 0 Å². The van der Waals surface area contributed by atoms with Gasteiger partial charge in [0.1, 0.15) is 11.8 Å². The van der Waals surface area contributed by atoms with Gasteiger partial charge in [0, 0.05) is 12.6 Å². The fourth-order valence-corrected chi connectivity index (χ4v) is 4.50. The first-order valence-electron chi connectivity index (χ1n) is 10.2. The molecule has 0 spiro atoms. The number of nitrogens with zero attached hydrogens (tertiary/aromatic N) is 1. The molecule has 8 heteroatoms. The molecule has 2 atom stereocenters. The standard InChI is InChI=1S/C23H25N3O4S/c1-30-17-6-3-14(4-7-17)15-5-8-19-18(11-15)23(29)26-10-9-16(24-21(27)13-31-2)12-20(26)22(28)25-19/h3-8,11,16,20H,9-10,12-13H2,1-2H3,(H,24,27)(H,25,28)/t16-,20-/m0/s1. The van der Waals surface area contributed by atoms with E-state index in [2.05, 4.69) is 10.6 Å². The largest absolute Gasteiger partial charge is 0.497 e. The Hall–Kier alpha value is -3.00. The summed E-state index contributed by atoms with van der Waals surface area (Å²) in [5, 5.41) is 5.89. The van der Waals surface area contributed by atoms with Crippen LogP contribution in [0.3, 0.4) is 0 Å². The van der Waals surface area contributed by atoms with E-state index in [0.29, 0.717) is 36.4 Å². The van der Waals surface area contributed by atoms with Gasteiger partial charge in [0.05, 0.1) is 24.1 Å². The second-order valence-electron chi connectivity index (χ2n) is 7.71. The number of amides is 3. The van der Waals surface area contributed by atoms with Crippen molar-refractivity contribution in [3.8, 4) is 16.9 Å². The minimum Gasteiger partial charge on any atom is -0.497 e. The van der Waals surface area contributed by atoms with Crippen LogP contribution in [0.1, 0.15) is 23.2 Å². The lowest BCUT2D eigenvalue weighted by molar-refractivity contribution is -0.123. The highest BCUT2D eigenvalue weighted by Gasteiger charge is 2.40. The zero-order valence-corrected chi connectivity index (χ0v) is 18.3. The van der Waals surface area contributed by atoms with Crippen molar-refractivity contribution in [3.63, 3.8) is 0 Å². The number of ether oxygens (including phenoxy) is 1. The molecule has 0 saturated carbocycles. The van der Waals surface area contributed by atoms with Gasteiger partial charge in [-0.15, -0.1) is 0 Å².